The van der Waals surface area contributed by atoms with Gasteiger partial charge in [0.05, 0.1) is 30.4 Å². The van der Waals surface area contributed by atoms with Crippen molar-refractivity contribution in [1.29, 1.82) is 0 Å². The molecule has 3 rings (SSSR count). The molecule has 2 unspecified atom stereocenters. The smallest absolute Gasteiger partial charge is 0.311 e. The molecule has 2 atom stereocenters. The highest BCUT2D eigenvalue weighted by Gasteiger charge is 2.47. The number of carboxylic acid groups (broad SMARTS) is 1. The summed E-state index contributed by atoms with van der Waals surface area (Å²) in [5.74, 6) is -2.79. The van der Waals surface area contributed by atoms with Crippen molar-refractivity contribution >= 4 is 17.8 Å². The fourth-order valence-electron chi connectivity index (χ4n) is 2.71. The van der Waals surface area contributed by atoms with Crippen molar-refractivity contribution in [3.05, 3.63) is 34.9 Å². The van der Waals surface area contributed by atoms with E-state index >= 15 is 0 Å². The zero-order valence-electron chi connectivity index (χ0n) is 10.8. The van der Waals surface area contributed by atoms with Crippen LogP contribution in [0.3, 0.4) is 0 Å². The van der Waals surface area contributed by atoms with Crippen LogP contribution in [0.15, 0.2) is 18.2 Å². The number of nitrogens with zero attached hydrogens (tertiary/aromatic N) is 1. The molecule has 1 N–H and O–H groups in total. The maximum Gasteiger partial charge on any atom is 0.311 e. The highest BCUT2D eigenvalue weighted by molar-refractivity contribution is 6.21. The molecule has 2 heterocycles. The lowest BCUT2D eigenvalue weighted by Gasteiger charge is -2.23. The van der Waals surface area contributed by atoms with Gasteiger partial charge in [0.2, 0.25) is 0 Å². The molecule has 0 saturated carbocycles. The van der Waals surface area contributed by atoms with Crippen molar-refractivity contribution in [2.24, 2.45) is 5.92 Å². The van der Waals surface area contributed by atoms with Gasteiger partial charge in [0.15, 0.2) is 0 Å². The SMILES string of the molecule is Cc1ccc2c(c1)C(=O)N(C1COCC1C(=O)O)C2=O. The largest absolute Gasteiger partial charge is 0.481 e. The van der Waals surface area contributed by atoms with E-state index in [1.165, 1.54) is 0 Å². The van der Waals surface area contributed by atoms with Crippen molar-refractivity contribution in [1.82, 2.24) is 4.90 Å². The molecule has 0 aliphatic carbocycles. The van der Waals surface area contributed by atoms with Crippen molar-refractivity contribution in [2.45, 2.75) is 13.0 Å². The third-order valence-electron chi connectivity index (χ3n) is 3.77. The van der Waals surface area contributed by atoms with E-state index in [0.717, 1.165) is 10.5 Å². The van der Waals surface area contributed by atoms with Crippen molar-refractivity contribution < 1.29 is 24.2 Å². The Morgan fingerprint density at radius 2 is 1.95 bits per heavy atom. The topological polar surface area (TPSA) is 83.9 Å². The molecule has 2 aliphatic rings. The van der Waals surface area contributed by atoms with Crippen molar-refractivity contribution in [3.63, 3.8) is 0 Å². The zero-order chi connectivity index (χ0) is 14.4. The molecule has 0 radical (unpaired) electrons. The lowest BCUT2D eigenvalue weighted by molar-refractivity contribution is -0.142. The molecule has 1 aromatic carbocycles. The molecular formula is C14H13NO5. The number of carbonyl (C=O) groups is 3. The van der Waals surface area contributed by atoms with Gasteiger partial charge < -0.3 is 9.84 Å². The fraction of sp³-hybridized carbons (Fsp3) is 0.357. The molecule has 2 amide bonds. The Morgan fingerprint density at radius 1 is 1.25 bits per heavy atom. The number of amides is 2. The van der Waals surface area contributed by atoms with Crippen LogP contribution in [0.5, 0.6) is 0 Å². The monoisotopic (exact) mass is 275 g/mol. The van der Waals surface area contributed by atoms with Crippen molar-refractivity contribution in [2.75, 3.05) is 13.2 Å². The first-order chi connectivity index (χ1) is 9.50. The number of carboxylic acids is 1. The van der Waals surface area contributed by atoms with Gasteiger partial charge in [0.1, 0.15) is 5.92 Å². The Labute approximate surface area is 114 Å². The standard InChI is InChI=1S/C14H13NO5/c1-7-2-3-8-9(4-7)13(17)15(12(8)16)11-6-20-5-10(11)14(18)19/h2-4,10-11H,5-6H2,1H3,(H,18,19). The summed E-state index contributed by atoms with van der Waals surface area (Å²) in [6.07, 6.45) is 0. The Hall–Kier alpha value is -2.21. The highest BCUT2D eigenvalue weighted by Crippen LogP contribution is 2.30. The molecule has 2 aliphatic heterocycles. The number of aryl methyl sites for hydroxylation is 1. The molecule has 104 valence electrons. The molecule has 1 aromatic rings. The average Bonchev–Trinajstić information content (AvgIpc) is 2.95. The summed E-state index contributed by atoms with van der Waals surface area (Å²) in [5.41, 5.74) is 1.55. The van der Waals surface area contributed by atoms with Crippen molar-refractivity contribution in [3.8, 4) is 0 Å². The second-order valence-corrected chi connectivity index (χ2v) is 5.08. The number of imide groups is 1. The molecule has 1 saturated heterocycles. The molecule has 0 aromatic heterocycles. The molecule has 0 bridgehead atoms. The Morgan fingerprint density at radius 3 is 2.65 bits per heavy atom. The fourth-order valence-corrected chi connectivity index (χ4v) is 2.71. The predicted molar refractivity (Wildman–Crippen MR) is 67.4 cm³/mol. The van der Waals surface area contributed by atoms with Gasteiger partial charge in [0, 0.05) is 0 Å². The predicted octanol–water partition coefficient (Wildman–Crippen LogP) is 0.691. The number of hydrogen-bond acceptors (Lipinski definition) is 4. The molecule has 20 heavy (non-hydrogen) atoms. The van der Waals surface area contributed by atoms with E-state index in [9.17, 15) is 14.4 Å². The van der Waals surface area contributed by atoms with E-state index in [1.54, 1.807) is 18.2 Å². The van der Waals surface area contributed by atoms with Crippen LogP contribution in [0.1, 0.15) is 26.3 Å². The second kappa shape index (κ2) is 4.42. The normalized spacial score (nSPS) is 25.1. The lowest BCUT2D eigenvalue weighted by Crippen LogP contribution is -2.46. The minimum atomic E-state index is -1.06. The highest BCUT2D eigenvalue weighted by atomic mass is 16.5. The van der Waals surface area contributed by atoms with Gasteiger partial charge >= 0.3 is 5.97 Å². The number of ether oxygens (including phenoxy) is 1. The number of hydrogen-bond donors (Lipinski definition) is 1. The molecule has 1 fully saturated rings. The Kier molecular flexibility index (Phi) is 2.83. The van der Waals surface area contributed by atoms with Crippen LogP contribution < -0.4 is 0 Å². The third kappa shape index (κ3) is 1.72. The number of aliphatic carboxylic acids is 1. The molecule has 6 nitrogen and oxygen atoms in total. The second-order valence-electron chi connectivity index (χ2n) is 5.08. The third-order valence-corrected chi connectivity index (χ3v) is 3.77. The van der Waals surface area contributed by atoms with E-state index in [2.05, 4.69) is 0 Å². The van der Waals surface area contributed by atoms with E-state index in [1.807, 2.05) is 6.92 Å². The first-order valence-electron chi connectivity index (χ1n) is 6.30. The summed E-state index contributed by atoms with van der Waals surface area (Å²) in [4.78, 5) is 36.9. The van der Waals surface area contributed by atoms with Crippen LogP contribution in [-0.2, 0) is 9.53 Å². The summed E-state index contributed by atoms with van der Waals surface area (Å²) >= 11 is 0. The average molecular weight is 275 g/mol. The summed E-state index contributed by atoms with van der Waals surface area (Å²) < 4.78 is 5.14. The number of benzene rings is 1. The van der Waals surface area contributed by atoms with Gasteiger partial charge in [-0.05, 0) is 19.1 Å². The maximum atomic E-state index is 12.4. The van der Waals surface area contributed by atoms with Gasteiger partial charge in [0.25, 0.3) is 11.8 Å². The van der Waals surface area contributed by atoms with E-state index in [4.69, 9.17) is 9.84 Å². The van der Waals surface area contributed by atoms with Gasteiger partial charge in [-0.2, -0.15) is 0 Å². The first-order valence-corrected chi connectivity index (χ1v) is 6.30. The summed E-state index contributed by atoms with van der Waals surface area (Å²) in [5, 5.41) is 9.15. The Balaban J connectivity index is 1.99. The maximum absolute atomic E-state index is 12.4. The van der Waals surface area contributed by atoms with Crippen LogP contribution in [-0.4, -0.2) is 47.0 Å². The number of rotatable bonds is 2. The summed E-state index contributed by atoms with van der Waals surface area (Å²) in [6.45, 7) is 1.92. The van der Waals surface area contributed by atoms with Crippen LogP contribution in [0.25, 0.3) is 0 Å². The number of fused-ring (bicyclic) bond motifs is 1. The van der Waals surface area contributed by atoms with E-state index in [0.29, 0.717) is 11.1 Å². The molecule has 6 heteroatoms. The van der Waals surface area contributed by atoms with Gasteiger partial charge in [-0.3, -0.25) is 19.3 Å². The summed E-state index contributed by atoms with van der Waals surface area (Å²) in [7, 11) is 0. The zero-order valence-corrected chi connectivity index (χ0v) is 10.8. The van der Waals surface area contributed by atoms with E-state index in [-0.39, 0.29) is 13.2 Å². The minimum absolute atomic E-state index is 0.0203. The molecular weight excluding hydrogens is 262 g/mol. The Bertz CT molecular complexity index is 624. The van der Waals surface area contributed by atoms with Crippen LogP contribution >= 0.6 is 0 Å². The molecule has 0 spiro atoms. The minimum Gasteiger partial charge on any atom is -0.481 e. The first kappa shape index (κ1) is 12.8. The lowest BCUT2D eigenvalue weighted by atomic mass is 10.0. The van der Waals surface area contributed by atoms with Gasteiger partial charge in [-0.15, -0.1) is 0 Å². The number of carbonyl (C=O) groups excluding carboxylic acids is 2. The van der Waals surface area contributed by atoms with Crippen LogP contribution in [0.4, 0.5) is 0 Å². The summed E-state index contributed by atoms with van der Waals surface area (Å²) in [6, 6.07) is 4.28. The van der Waals surface area contributed by atoms with Crippen LogP contribution in [0, 0.1) is 12.8 Å². The van der Waals surface area contributed by atoms with Gasteiger partial charge in [-0.1, -0.05) is 11.6 Å². The van der Waals surface area contributed by atoms with Crippen LogP contribution in [0.2, 0.25) is 0 Å². The van der Waals surface area contributed by atoms with Gasteiger partial charge in [-0.25, -0.2) is 0 Å². The van der Waals surface area contributed by atoms with E-state index < -0.39 is 29.7 Å². The quantitative estimate of drug-likeness (QED) is 0.803.